The van der Waals surface area contributed by atoms with E-state index in [9.17, 15) is 5.11 Å². The molecular weight excluding hydrogens is 164 g/mol. The average Bonchev–Trinajstić information content (AvgIpc) is 2.16. The van der Waals surface area contributed by atoms with Gasteiger partial charge in [-0.3, -0.25) is 0 Å². The minimum Gasteiger partial charge on any atom is -0.396 e. The summed E-state index contributed by atoms with van der Waals surface area (Å²) in [6.07, 6.45) is 6.06. The van der Waals surface area contributed by atoms with Crippen molar-refractivity contribution in [1.29, 1.82) is 0 Å². The van der Waals surface area contributed by atoms with Crippen molar-refractivity contribution in [2.24, 2.45) is 5.92 Å². The summed E-state index contributed by atoms with van der Waals surface area (Å²) >= 11 is 0. The van der Waals surface area contributed by atoms with E-state index >= 15 is 0 Å². The second kappa shape index (κ2) is 8.52. The first-order chi connectivity index (χ1) is 6.22. The minimum atomic E-state index is -0.126. The van der Waals surface area contributed by atoms with Gasteiger partial charge in [-0.05, 0) is 18.8 Å². The summed E-state index contributed by atoms with van der Waals surface area (Å²) in [5, 5.41) is 18.2. The fourth-order valence-electron chi connectivity index (χ4n) is 1.38. The molecule has 0 bridgehead atoms. The van der Waals surface area contributed by atoms with Gasteiger partial charge in [-0.1, -0.05) is 39.5 Å². The fourth-order valence-corrected chi connectivity index (χ4v) is 1.38. The van der Waals surface area contributed by atoms with E-state index < -0.39 is 0 Å². The van der Waals surface area contributed by atoms with Crippen LogP contribution in [-0.4, -0.2) is 22.9 Å². The third-order valence-electron chi connectivity index (χ3n) is 2.71. The molecule has 2 unspecified atom stereocenters. The number of rotatable bonds is 8. The van der Waals surface area contributed by atoms with Gasteiger partial charge in [0, 0.05) is 6.61 Å². The van der Waals surface area contributed by atoms with Gasteiger partial charge in [0.1, 0.15) is 0 Å². The first-order valence-corrected chi connectivity index (χ1v) is 5.51. The second-order valence-electron chi connectivity index (χ2n) is 3.88. The molecule has 2 atom stereocenters. The number of hydrogen-bond donors (Lipinski definition) is 2. The molecule has 0 radical (unpaired) electrons. The Morgan fingerprint density at radius 1 is 1.08 bits per heavy atom. The van der Waals surface area contributed by atoms with Gasteiger partial charge in [0.05, 0.1) is 6.10 Å². The van der Waals surface area contributed by atoms with Crippen LogP contribution in [-0.2, 0) is 0 Å². The highest BCUT2D eigenvalue weighted by molar-refractivity contribution is 4.62. The maximum Gasteiger partial charge on any atom is 0.0565 e. The summed E-state index contributed by atoms with van der Waals surface area (Å²) < 4.78 is 0. The van der Waals surface area contributed by atoms with E-state index in [-0.39, 0.29) is 6.10 Å². The van der Waals surface area contributed by atoms with E-state index in [4.69, 9.17) is 5.11 Å². The lowest BCUT2D eigenvalue weighted by molar-refractivity contribution is 0.102. The van der Waals surface area contributed by atoms with Crippen molar-refractivity contribution in [3.05, 3.63) is 0 Å². The second-order valence-corrected chi connectivity index (χ2v) is 3.88. The van der Waals surface area contributed by atoms with Gasteiger partial charge in [-0.2, -0.15) is 0 Å². The highest BCUT2D eigenvalue weighted by Gasteiger charge is 2.10. The van der Waals surface area contributed by atoms with Crippen molar-refractivity contribution in [3.63, 3.8) is 0 Å². The Morgan fingerprint density at radius 2 is 1.69 bits per heavy atom. The molecule has 0 spiro atoms. The van der Waals surface area contributed by atoms with Crippen LogP contribution in [0.5, 0.6) is 0 Å². The summed E-state index contributed by atoms with van der Waals surface area (Å²) in [6, 6.07) is 0. The lowest BCUT2D eigenvalue weighted by Crippen LogP contribution is -2.16. The molecule has 13 heavy (non-hydrogen) atoms. The molecule has 0 aliphatic heterocycles. The minimum absolute atomic E-state index is 0.126. The summed E-state index contributed by atoms with van der Waals surface area (Å²) in [5.74, 6) is 0.429. The number of unbranched alkanes of at least 4 members (excludes halogenated alkanes) is 3. The number of aliphatic hydroxyl groups is 2. The van der Waals surface area contributed by atoms with E-state index in [0.717, 1.165) is 38.5 Å². The predicted molar refractivity (Wildman–Crippen MR) is 55.6 cm³/mol. The zero-order chi connectivity index (χ0) is 10.1. The standard InChI is InChI=1S/C11H24O2/c1-3-10(2)11(13)8-6-4-5-7-9-12/h10-13H,3-9H2,1-2H3. The van der Waals surface area contributed by atoms with Crippen molar-refractivity contribution in [2.75, 3.05) is 6.61 Å². The van der Waals surface area contributed by atoms with Gasteiger partial charge in [0.2, 0.25) is 0 Å². The molecule has 80 valence electrons. The number of aliphatic hydroxyl groups excluding tert-OH is 2. The highest BCUT2D eigenvalue weighted by Crippen LogP contribution is 2.14. The Bertz CT molecular complexity index is 104. The van der Waals surface area contributed by atoms with Crippen molar-refractivity contribution in [3.8, 4) is 0 Å². The average molecular weight is 188 g/mol. The van der Waals surface area contributed by atoms with E-state index in [1.807, 2.05) is 0 Å². The summed E-state index contributed by atoms with van der Waals surface area (Å²) in [6.45, 7) is 4.51. The summed E-state index contributed by atoms with van der Waals surface area (Å²) in [7, 11) is 0. The molecule has 0 saturated heterocycles. The predicted octanol–water partition coefficient (Wildman–Crippen LogP) is 2.34. The van der Waals surface area contributed by atoms with Crippen molar-refractivity contribution in [2.45, 2.75) is 58.5 Å². The van der Waals surface area contributed by atoms with Crippen LogP contribution in [0.3, 0.4) is 0 Å². The van der Waals surface area contributed by atoms with Crippen LogP contribution in [0.1, 0.15) is 52.4 Å². The summed E-state index contributed by atoms with van der Waals surface area (Å²) in [5.41, 5.74) is 0. The molecule has 0 aliphatic carbocycles. The molecule has 0 aromatic rings. The Labute approximate surface area is 82.0 Å². The van der Waals surface area contributed by atoms with Crippen LogP contribution in [0.4, 0.5) is 0 Å². The van der Waals surface area contributed by atoms with Gasteiger partial charge >= 0.3 is 0 Å². The molecule has 0 fully saturated rings. The molecule has 2 heteroatoms. The van der Waals surface area contributed by atoms with Crippen LogP contribution in [0.2, 0.25) is 0 Å². The van der Waals surface area contributed by atoms with Crippen molar-refractivity contribution < 1.29 is 10.2 Å². The third kappa shape index (κ3) is 7.03. The first-order valence-electron chi connectivity index (χ1n) is 5.51. The number of hydrogen-bond acceptors (Lipinski definition) is 2. The lowest BCUT2D eigenvalue weighted by Gasteiger charge is -2.16. The van der Waals surface area contributed by atoms with Gasteiger partial charge in [0.25, 0.3) is 0 Å². The maximum atomic E-state index is 9.62. The Kier molecular flexibility index (Phi) is 8.46. The van der Waals surface area contributed by atoms with Gasteiger partial charge in [-0.15, -0.1) is 0 Å². The quantitative estimate of drug-likeness (QED) is 0.574. The topological polar surface area (TPSA) is 40.5 Å². The molecule has 0 heterocycles. The van der Waals surface area contributed by atoms with Gasteiger partial charge in [-0.25, -0.2) is 0 Å². The zero-order valence-corrected chi connectivity index (χ0v) is 9.00. The normalized spacial score (nSPS) is 15.7. The van der Waals surface area contributed by atoms with Crippen LogP contribution in [0.25, 0.3) is 0 Å². The smallest absolute Gasteiger partial charge is 0.0565 e. The fraction of sp³-hybridized carbons (Fsp3) is 1.00. The molecular formula is C11H24O2. The maximum absolute atomic E-state index is 9.62. The van der Waals surface area contributed by atoms with Gasteiger partial charge < -0.3 is 10.2 Å². The van der Waals surface area contributed by atoms with Crippen molar-refractivity contribution in [1.82, 2.24) is 0 Å². The molecule has 0 aromatic heterocycles. The van der Waals surface area contributed by atoms with Gasteiger partial charge in [0.15, 0.2) is 0 Å². The van der Waals surface area contributed by atoms with E-state index in [2.05, 4.69) is 13.8 Å². The van der Waals surface area contributed by atoms with E-state index in [1.165, 1.54) is 0 Å². The van der Waals surface area contributed by atoms with Crippen LogP contribution < -0.4 is 0 Å². The monoisotopic (exact) mass is 188 g/mol. The first kappa shape index (κ1) is 12.9. The molecule has 0 rings (SSSR count). The Balaban J connectivity index is 3.21. The Morgan fingerprint density at radius 3 is 2.23 bits per heavy atom. The largest absolute Gasteiger partial charge is 0.396 e. The Hall–Kier alpha value is -0.0800. The SMILES string of the molecule is CCC(C)C(O)CCCCCCO. The van der Waals surface area contributed by atoms with Crippen molar-refractivity contribution >= 4 is 0 Å². The molecule has 0 aromatic carbocycles. The molecule has 2 nitrogen and oxygen atoms in total. The molecule has 0 amide bonds. The zero-order valence-electron chi connectivity index (χ0n) is 9.00. The van der Waals surface area contributed by atoms with E-state index in [1.54, 1.807) is 0 Å². The van der Waals surface area contributed by atoms with Crippen LogP contribution in [0.15, 0.2) is 0 Å². The van der Waals surface area contributed by atoms with Crippen LogP contribution in [0, 0.1) is 5.92 Å². The molecule has 0 aliphatic rings. The summed E-state index contributed by atoms with van der Waals surface area (Å²) in [4.78, 5) is 0. The van der Waals surface area contributed by atoms with E-state index in [0.29, 0.717) is 12.5 Å². The van der Waals surface area contributed by atoms with Crippen LogP contribution >= 0.6 is 0 Å². The lowest BCUT2D eigenvalue weighted by atomic mass is 9.97. The highest BCUT2D eigenvalue weighted by atomic mass is 16.3. The third-order valence-corrected chi connectivity index (χ3v) is 2.71. The molecule has 2 N–H and O–H groups in total. The molecule has 0 saturated carbocycles.